The van der Waals surface area contributed by atoms with Gasteiger partial charge in [0.15, 0.2) is 0 Å². The van der Waals surface area contributed by atoms with E-state index in [-0.39, 0.29) is 0 Å². The molecule has 98 valence electrons. The Balaban J connectivity index is 2.25. The van der Waals surface area contributed by atoms with Gasteiger partial charge >= 0.3 is 0 Å². The van der Waals surface area contributed by atoms with E-state index in [1.165, 1.54) is 0 Å². The highest BCUT2D eigenvalue weighted by atomic mass is 35.5. The van der Waals surface area contributed by atoms with Crippen LogP contribution in [0.2, 0.25) is 5.15 Å². The molecule has 1 heterocycles. The van der Waals surface area contributed by atoms with E-state index >= 15 is 0 Å². The van der Waals surface area contributed by atoms with Crippen molar-refractivity contribution in [2.75, 3.05) is 0 Å². The Kier molecular flexibility index (Phi) is 3.89. The lowest BCUT2D eigenvalue weighted by Gasteiger charge is -2.11. The van der Waals surface area contributed by atoms with Gasteiger partial charge in [0, 0.05) is 19.0 Å². The number of aliphatic hydroxyl groups is 1. The molecule has 0 aliphatic heterocycles. The lowest BCUT2D eigenvalue weighted by molar-refractivity contribution is 0.178. The van der Waals surface area contributed by atoms with Crippen LogP contribution in [0, 0.1) is 18.3 Å². The summed E-state index contributed by atoms with van der Waals surface area (Å²) < 4.78 is 1.59. The Hall–Kier alpha value is -1.83. The maximum absolute atomic E-state index is 10.2. The van der Waals surface area contributed by atoms with Gasteiger partial charge in [-0.2, -0.15) is 10.4 Å². The summed E-state index contributed by atoms with van der Waals surface area (Å²) in [5, 5.41) is 23.9. The number of rotatable bonds is 3. The molecule has 0 saturated heterocycles. The van der Waals surface area contributed by atoms with Gasteiger partial charge in [-0.05, 0) is 24.6 Å². The summed E-state index contributed by atoms with van der Waals surface area (Å²) in [4.78, 5) is 0. The quantitative estimate of drug-likeness (QED) is 0.936. The molecule has 1 N–H and O–H groups in total. The Morgan fingerprint density at radius 3 is 2.84 bits per heavy atom. The monoisotopic (exact) mass is 275 g/mol. The lowest BCUT2D eigenvalue weighted by Crippen LogP contribution is -2.03. The van der Waals surface area contributed by atoms with Gasteiger partial charge in [0.25, 0.3) is 0 Å². The molecule has 0 aliphatic rings. The molecule has 0 radical (unpaired) electrons. The molecule has 19 heavy (non-hydrogen) atoms. The third kappa shape index (κ3) is 2.78. The van der Waals surface area contributed by atoms with Gasteiger partial charge in [-0.15, -0.1) is 0 Å². The van der Waals surface area contributed by atoms with Crippen LogP contribution in [-0.2, 0) is 13.5 Å². The van der Waals surface area contributed by atoms with E-state index in [4.69, 9.17) is 16.9 Å². The zero-order valence-electron chi connectivity index (χ0n) is 10.8. The van der Waals surface area contributed by atoms with Crippen LogP contribution in [0.15, 0.2) is 24.3 Å². The minimum absolute atomic E-state index is 0.382. The van der Waals surface area contributed by atoms with Crippen LogP contribution in [0.25, 0.3) is 0 Å². The SMILES string of the molecule is Cc1nn(C)c(Cl)c1CC(O)c1cccc(C#N)c1. The van der Waals surface area contributed by atoms with Crippen molar-refractivity contribution in [2.45, 2.75) is 19.4 Å². The predicted octanol–water partition coefficient (Wildman–Crippen LogP) is 2.53. The number of benzene rings is 1. The van der Waals surface area contributed by atoms with Crippen LogP contribution in [-0.4, -0.2) is 14.9 Å². The Morgan fingerprint density at radius 2 is 2.26 bits per heavy atom. The van der Waals surface area contributed by atoms with Crippen LogP contribution >= 0.6 is 11.6 Å². The van der Waals surface area contributed by atoms with Crippen molar-refractivity contribution in [3.05, 3.63) is 51.8 Å². The number of nitriles is 1. The molecule has 0 aliphatic carbocycles. The van der Waals surface area contributed by atoms with Gasteiger partial charge in [0.2, 0.25) is 0 Å². The van der Waals surface area contributed by atoms with Crippen molar-refractivity contribution in [3.63, 3.8) is 0 Å². The second kappa shape index (κ2) is 5.43. The second-order valence-corrected chi connectivity index (χ2v) is 4.79. The molecule has 4 nitrogen and oxygen atoms in total. The van der Waals surface area contributed by atoms with Gasteiger partial charge in [0.1, 0.15) is 5.15 Å². The number of aliphatic hydroxyl groups excluding tert-OH is 1. The zero-order valence-corrected chi connectivity index (χ0v) is 11.5. The Morgan fingerprint density at radius 1 is 1.53 bits per heavy atom. The van der Waals surface area contributed by atoms with Gasteiger partial charge in [-0.1, -0.05) is 23.7 Å². The topological polar surface area (TPSA) is 61.8 Å². The molecular weight excluding hydrogens is 262 g/mol. The van der Waals surface area contributed by atoms with Crippen molar-refractivity contribution in [1.82, 2.24) is 9.78 Å². The minimum atomic E-state index is -0.700. The van der Waals surface area contributed by atoms with Crippen molar-refractivity contribution >= 4 is 11.6 Å². The number of hydrogen-bond acceptors (Lipinski definition) is 3. The molecule has 1 aromatic carbocycles. The van der Waals surface area contributed by atoms with Crippen LogP contribution in [0.1, 0.15) is 28.5 Å². The van der Waals surface area contributed by atoms with Crippen molar-refractivity contribution in [1.29, 1.82) is 5.26 Å². The molecule has 0 fully saturated rings. The van der Waals surface area contributed by atoms with E-state index in [2.05, 4.69) is 11.2 Å². The number of halogens is 1. The fourth-order valence-electron chi connectivity index (χ4n) is 2.03. The first-order valence-corrected chi connectivity index (χ1v) is 6.27. The van der Waals surface area contributed by atoms with Gasteiger partial charge < -0.3 is 5.11 Å². The second-order valence-electron chi connectivity index (χ2n) is 4.44. The van der Waals surface area contributed by atoms with Crippen molar-refractivity contribution in [3.8, 4) is 6.07 Å². The summed E-state index contributed by atoms with van der Waals surface area (Å²) in [6.07, 6.45) is -0.318. The molecule has 0 spiro atoms. The average Bonchev–Trinajstić information content (AvgIpc) is 2.65. The zero-order chi connectivity index (χ0) is 14.0. The first kappa shape index (κ1) is 13.6. The lowest BCUT2D eigenvalue weighted by atomic mass is 10.0. The van der Waals surface area contributed by atoms with Crippen molar-refractivity contribution in [2.24, 2.45) is 7.05 Å². The molecular formula is C14H14ClN3O. The molecule has 0 amide bonds. The molecule has 2 aromatic rings. The van der Waals surface area contributed by atoms with Crippen LogP contribution in [0.4, 0.5) is 0 Å². The van der Waals surface area contributed by atoms with E-state index in [0.29, 0.717) is 22.7 Å². The summed E-state index contributed by atoms with van der Waals surface area (Å²) in [6, 6.07) is 9.01. The van der Waals surface area contributed by atoms with Crippen LogP contribution in [0.3, 0.4) is 0 Å². The van der Waals surface area contributed by atoms with Gasteiger partial charge in [0.05, 0.1) is 23.4 Å². The maximum atomic E-state index is 10.2. The molecule has 0 bridgehead atoms. The van der Waals surface area contributed by atoms with Crippen molar-refractivity contribution < 1.29 is 5.11 Å². The molecule has 5 heteroatoms. The third-order valence-corrected chi connectivity index (χ3v) is 3.54. The largest absolute Gasteiger partial charge is 0.388 e. The molecule has 1 atom stereocenters. The van der Waals surface area contributed by atoms with Crippen LogP contribution in [0.5, 0.6) is 0 Å². The third-order valence-electron chi connectivity index (χ3n) is 3.07. The van der Waals surface area contributed by atoms with E-state index in [0.717, 1.165) is 11.3 Å². The summed E-state index contributed by atoms with van der Waals surface area (Å²) in [5.74, 6) is 0. The molecule has 1 aromatic heterocycles. The highest BCUT2D eigenvalue weighted by molar-refractivity contribution is 6.30. The first-order valence-electron chi connectivity index (χ1n) is 5.89. The number of aryl methyl sites for hydroxylation is 2. The summed E-state index contributed by atoms with van der Waals surface area (Å²) >= 11 is 6.14. The normalized spacial score (nSPS) is 12.2. The highest BCUT2D eigenvalue weighted by Gasteiger charge is 2.17. The molecule has 0 saturated carbocycles. The average molecular weight is 276 g/mol. The Bertz CT molecular complexity index is 643. The summed E-state index contributed by atoms with van der Waals surface area (Å²) in [6.45, 7) is 1.86. The standard InChI is InChI=1S/C14H14ClN3O/c1-9-12(14(15)18(2)17-9)7-13(19)11-5-3-4-10(6-11)8-16/h3-6,13,19H,7H2,1-2H3. The predicted molar refractivity (Wildman–Crippen MR) is 72.8 cm³/mol. The maximum Gasteiger partial charge on any atom is 0.130 e. The van der Waals surface area contributed by atoms with Crippen LogP contribution < -0.4 is 0 Å². The smallest absolute Gasteiger partial charge is 0.130 e. The fraction of sp³-hybridized carbons (Fsp3) is 0.286. The van der Waals surface area contributed by atoms with Gasteiger partial charge in [-0.25, -0.2) is 0 Å². The van der Waals surface area contributed by atoms with E-state index in [1.54, 1.807) is 36.0 Å². The Labute approximate surface area is 116 Å². The fourth-order valence-corrected chi connectivity index (χ4v) is 2.28. The highest BCUT2D eigenvalue weighted by Crippen LogP contribution is 2.26. The summed E-state index contributed by atoms with van der Waals surface area (Å²) in [5.41, 5.74) is 2.88. The van der Waals surface area contributed by atoms with Gasteiger partial charge in [-0.3, -0.25) is 4.68 Å². The van der Waals surface area contributed by atoms with E-state index < -0.39 is 6.10 Å². The number of aromatic nitrogens is 2. The van der Waals surface area contributed by atoms with E-state index in [1.807, 2.05) is 6.92 Å². The summed E-state index contributed by atoms with van der Waals surface area (Å²) in [7, 11) is 1.77. The minimum Gasteiger partial charge on any atom is -0.388 e. The molecule has 2 rings (SSSR count). The molecule has 1 unspecified atom stereocenters. The first-order chi connectivity index (χ1) is 9.02. The number of nitrogens with zero attached hydrogens (tertiary/aromatic N) is 3. The van der Waals surface area contributed by atoms with E-state index in [9.17, 15) is 5.11 Å². The number of hydrogen-bond donors (Lipinski definition) is 1.